The van der Waals surface area contributed by atoms with Crippen molar-refractivity contribution in [2.45, 2.75) is 69.4 Å². The smallest absolute Gasteiger partial charge is 0.229 e. The predicted molar refractivity (Wildman–Crippen MR) is 128 cm³/mol. The van der Waals surface area contributed by atoms with Crippen molar-refractivity contribution in [3.8, 4) is 5.75 Å². The van der Waals surface area contributed by atoms with Crippen molar-refractivity contribution >= 4 is 0 Å². The molecule has 7 rings (SSSR count). The maximum absolute atomic E-state index is 6.64. The number of allylic oxidation sites excluding steroid dienone is 4. The zero-order chi connectivity index (χ0) is 23.0. The Bertz CT molecular complexity index is 1030. The van der Waals surface area contributed by atoms with Crippen LogP contribution in [0.3, 0.4) is 0 Å². The third-order valence-electron chi connectivity index (χ3n) is 9.89. The summed E-state index contributed by atoms with van der Waals surface area (Å²) in [5.41, 5.74) is 6.13. The summed E-state index contributed by atoms with van der Waals surface area (Å²) in [4.78, 5) is 0. The zero-order valence-corrected chi connectivity index (χ0v) is 20.4. The molecular weight excluding hydrogens is 428 g/mol. The lowest BCUT2D eigenvalue weighted by Gasteiger charge is -2.58. The zero-order valence-electron chi connectivity index (χ0n) is 20.4. The maximum Gasteiger partial charge on any atom is 0.229 e. The predicted octanol–water partition coefficient (Wildman–Crippen LogP) is 5.51. The van der Waals surface area contributed by atoms with E-state index in [9.17, 15) is 0 Å². The highest BCUT2D eigenvalue weighted by atomic mass is 16.8. The van der Waals surface area contributed by atoms with E-state index in [1.807, 2.05) is 0 Å². The topological polar surface area (TPSA) is 46.2 Å². The van der Waals surface area contributed by atoms with Crippen LogP contribution in [-0.2, 0) is 18.9 Å². The largest absolute Gasteiger partial charge is 0.497 e. The maximum atomic E-state index is 6.64. The second-order valence-electron chi connectivity index (χ2n) is 11.2. The number of fused-ring (bicyclic) bond motifs is 4. The molecule has 3 saturated carbocycles. The molecule has 0 radical (unpaired) electrons. The molecule has 2 heterocycles. The number of methoxy groups -OCH3 is 1. The Morgan fingerprint density at radius 3 is 2.32 bits per heavy atom. The van der Waals surface area contributed by atoms with Gasteiger partial charge in [0.2, 0.25) is 11.6 Å². The molecular formula is C29H36O5. The van der Waals surface area contributed by atoms with Crippen LogP contribution in [0.1, 0.15) is 63.4 Å². The van der Waals surface area contributed by atoms with Crippen LogP contribution in [0, 0.1) is 17.3 Å². The first-order valence-corrected chi connectivity index (χ1v) is 13.2. The molecule has 4 atom stereocenters. The minimum atomic E-state index is -0.835. The Labute approximate surface area is 202 Å². The van der Waals surface area contributed by atoms with Gasteiger partial charge in [-0.25, -0.2) is 0 Å². The second kappa shape index (κ2) is 7.67. The molecule has 0 amide bonds. The van der Waals surface area contributed by atoms with Crippen LogP contribution in [0.25, 0.3) is 0 Å². The average molecular weight is 465 g/mol. The van der Waals surface area contributed by atoms with Crippen LogP contribution in [0.4, 0.5) is 0 Å². The summed E-state index contributed by atoms with van der Waals surface area (Å²) < 4.78 is 31.7. The van der Waals surface area contributed by atoms with Gasteiger partial charge in [-0.05, 0) is 79.2 Å². The number of hydrogen-bond acceptors (Lipinski definition) is 5. The van der Waals surface area contributed by atoms with Crippen molar-refractivity contribution in [3.63, 3.8) is 0 Å². The quantitative estimate of drug-likeness (QED) is 0.577. The summed E-state index contributed by atoms with van der Waals surface area (Å²) in [6.07, 6.45) is 10.6. The summed E-state index contributed by atoms with van der Waals surface area (Å²) in [7, 11) is 1.74. The van der Waals surface area contributed by atoms with Gasteiger partial charge in [0, 0.05) is 17.8 Å². The third kappa shape index (κ3) is 2.70. The molecule has 5 heteroatoms. The van der Waals surface area contributed by atoms with Gasteiger partial charge in [-0.1, -0.05) is 30.7 Å². The van der Waals surface area contributed by atoms with E-state index in [1.165, 1.54) is 31.2 Å². The molecule has 0 aromatic heterocycles. The summed E-state index contributed by atoms with van der Waals surface area (Å²) in [6.45, 7) is 4.66. The molecule has 2 aliphatic heterocycles. The monoisotopic (exact) mass is 464 g/mol. The molecule has 0 N–H and O–H groups in total. The molecule has 1 unspecified atom stereocenters. The molecule has 182 valence electrons. The highest BCUT2D eigenvalue weighted by Crippen LogP contribution is 2.72. The number of hydrogen-bond donors (Lipinski definition) is 0. The van der Waals surface area contributed by atoms with Gasteiger partial charge in [-0.2, -0.15) is 0 Å². The van der Waals surface area contributed by atoms with Gasteiger partial charge < -0.3 is 23.7 Å². The third-order valence-corrected chi connectivity index (χ3v) is 9.89. The average Bonchev–Trinajstić information content (AvgIpc) is 3.14. The van der Waals surface area contributed by atoms with Crippen LogP contribution in [0.2, 0.25) is 0 Å². The van der Waals surface area contributed by atoms with E-state index in [0.717, 1.165) is 25.0 Å². The molecule has 4 aliphatic carbocycles. The van der Waals surface area contributed by atoms with Gasteiger partial charge >= 0.3 is 0 Å². The van der Waals surface area contributed by atoms with E-state index in [1.54, 1.807) is 23.8 Å². The Morgan fingerprint density at radius 1 is 0.882 bits per heavy atom. The van der Waals surface area contributed by atoms with Crippen molar-refractivity contribution in [1.29, 1.82) is 0 Å². The van der Waals surface area contributed by atoms with Gasteiger partial charge in [-0.3, -0.25) is 0 Å². The van der Waals surface area contributed by atoms with E-state index >= 15 is 0 Å². The van der Waals surface area contributed by atoms with Gasteiger partial charge in [0.1, 0.15) is 5.75 Å². The first kappa shape index (κ1) is 21.6. The van der Waals surface area contributed by atoms with Gasteiger partial charge in [-0.15, -0.1) is 0 Å². The van der Waals surface area contributed by atoms with Crippen LogP contribution in [0.15, 0.2) is 47.1 Å². The first-order valence-electron chi connectivity index (χ1n) is 13.2. The molecule has 1 aromatic carbocycles. The Hall–Kier alpha value is -1.66. The van der Waals surface area contributed by atoms with E-state index in [0.29, 0.717) is 44.2 Å². The molecule has 6 aliphatic rings. The molecule has 1 aromatic rings. The van der Waals surface area contributed by atoms with Gasteiger partial charge in [0.25, 0.3) is 0 Å². The standard InChI is InChI=1S/C29H36O5/c1-27-17-24(20-7-10-21(30-2)11-8-20)26-22-6-4-3-5-19(22)9-12-23(26)25(27)18-28-29(27,33-15-13-31-28)34-16-14-32-28/h7-11,23-25H,3-6,12-18H2,1-2H3/t23-,24?,25-,27-,28?,29?/m0/s1. The number of rotatable bonds is 2. The molecule has 34 heavy (non-hydrogen) atoms. The lowest BCUT2D eigenvalue weighted by molar-refractivity contribution is -0.474. The molecule has 5 fully saturated rings. The van der Waals surface area contributed by atoms with Crippen LogP contribution in [-0.4, -0.2) is 45.1 Å². The fraction of sp³-hybridized carbons (Fsp3) is 0.655. The highest BCUT2D eigenvalue weighted by molar-refractivity contribution is 5.49. The number of ether oxygens (including phenoxy) is 5. The highest BCUT2D eigenvalue weighted by Gasteiger charge is 2.78. The normalized spacial score (nSPS) is 43.1. The van der Waals surface area contributed by atoms with Crippen molar-refractivity contribution in [2.24, 2.45) is 17.3 Å². The van der Waals surface area contributed by atoms with Crippen molar-refractivity contribution < 1.29 is 23.7 Å². The lowest BCUT2D eigenvalue weighted by Crippen LogP contribution is -2.69. The van der Waals surface area contributed by atoms with E-state index in [2.05, 4.69) is 37.3 Å². The molecule has 0 spiro atoms. The van der Waals surface area contributed by atoms with Crippen molar-refractivity contribution in [1.82, 2.24) is 0 Å². The SMILES string of the molecule is COc1ccc(C2C[C@@]3(C)[C@@H](CC45OCCOC43OCCO5)[C@@H]3CC=C4CCCCC4=C23)cc1. The Balaban J connectivity index is 1.40. The first-order chi connectivity index (χ1) is 16.6. The van der Waals surface area contributed by atoms with Crippen LogP contribution < -0.4 is 4.74 Å². The summed E-state index contributed by atoms with van der Waals surface area (Å²) in [5, 5.41) is 0. The van der Waals surface area contributed by atoms with Gasteiger partial charge in [0.15, 0.2) is 0 Å². The molecule has 5 nitrogen and oxygen atoms in total. The van der Waals surface area contributed by atoms with E-state index in [4.69, 9.17) is 23.7 Å². The minimum Gasteiger partial charge on any atom is -0.497 e. The summed E-state index contributed by atoms with van der Waals surface area (Å²) in [6, 6.07) is 8.77. The number of benzene rings is 1. The fourth-order valence-electron chi connectivity index (χ4n) is 8.55. The second-order valence-corrected chi connectivity index (χ2v) is 11.2. The Kier molecular flexibility index (Phi) is 4.87. The van der Waals surface area contributed by atoms with Gasteiger partial charge in [0.05, 0.1) is 33.5 Å². The van der Waals surface area contributed by atoms with Crippen molar-refractivity contribution in [3.05, 3.63) is 52.6 Å². The minimum absolute atomic E-state index is 0.201. The fourth-order valence-corrected chi connectivity index (χ4v) is 8.55. The van der Waals surface area contributed by atoms with Crippen LogP contribution in [0.5, 0.6) is 5.75 Å². The van der Waals surface area contributed by atoms with E-state index in [-0.39, 0.29) is 5.41 Å². The molecule has 2 saturated heterocycles. The summed E-state index contributed by atoms with van der Waals surface area (Å²) >= 11 is 0. The van der Waals surface area contributed by atoms with Crippen LogP contribution >= 0.6 is 0 Å². The Morgan fingerprint density at radius 2 is 1.59 bits per heavy atom. The summed E-state index contributed by atoms with van der Waals surface area (Å²) in [5.74, 6) is 0.504. The van der Waals surface area contributed by atoms with E-state index < -0.39 is 11.6 Å². The van der Waals surface area contributed by atoms with Crippen molar-refractivity contribution in [2.75, 3.05) is 33.5 Å². The molecule has 0 bridgehead atoms. The lowest BCUT2D eigenvalue weighted by atomic mass is 9.53.